The first-order chi connectivity index (χ1) is 10.6. The monoisotopic (exact) mass is 299 g/mol. The summed E-state index contributed by atoms with van der Waals surface area (Å²) < 4.78 is 19.0. The van der Waals surface area contributed by atoms with E-state index in [1.54, 1.807) is 12.1 Å². The Bertz CT molecular complexity index is 630. The quantitative estimate of drug-likeness (QED) is 0.830. The molecule has 0 N–H and O–H groups in total. The predicted molar refractivity (Wildman–Crippen MR) is 89.0 cm³/mol. The van der Waals surface area contributed by atoms with E-state index >= 15 is 0 Å². The third-order valence-corrected chi connectivity index (χ3v) is 4.19. The number of benzene rings is 2. The molecule has 0 atom stereocenters. The van der Waals surface area contributed by atoms with Crippen LogP contribution in [0.25, 0.3) is 11.1 Å². The molecule has 1 fully saturated rings. The van der Waals surface area contributed by atoms with E-state index in [4.69, 9.17) is 4.74 Å². The van der Waals surface area contributed by atoms with Gasteiger partial charge in [-0.15, -0.1) is 0 Å². The Hall–Kier alpha value is -1.87. The smallest absolute Gasteiger partial charge is 0.123 e. The van der Waals surface area contributed by atoms with Crippen LogP contribution < -0.4 is 4.90 Å². The van der Waals surface area contributed by atoms with Crippen molar-refractivity contribution in [3.63, 3.8) is 0 Å². The lowest BCUT2D eigenvalue weighted by Gasteiger charge is -2.29. The molecule has 0 saturated carbocycles. The zero-order valence-corrected chi connectivity index (χ0v) is 13.2. The van der Waals surface area contributed by atoms with Crippen LogP contribution in [-0.4, -0.2) is 26.3 Å². The maximum atomic E-state index is 13.6. The maximum absolute atomic E-state index is 13.6. The summed E-state index contributed by atoms with van der Waals surface area (Å²) in [6.07, 6.45) is 0. The second-order valence-electron chi connectivity index (χ2n) is 6.03. The summed E-state index contributed by atoms with van der Waals surface area (Å²) >= 11 is 0. The SMILES string of the molecule is CC(C)c1ccc(F)cc1-c1ccc(N2CCOCC2)cc1. The first kappa shape index (κ1) is 15.0. The fourth-order valence-corrected chi connectivity index (χ4v) is 2.96. The zero-order valence-electron chi connectivity index (χ0n) is 13.2. The molecule has 3 rings (SSSR count). The van der Waals surface area contributed by atoms with Gasteiger partial charge in [0.05, 0.1) is 13.2 Å². The van der Waals surface area contributed by atoms with E-state index in [0.29, 0.717) is 5.92 Å². The molecule has 1 aliphatic rings. The lowest BCUT2D eigenvalue weighted by Crippen LogP contribution is -2.36. The van der Waals surface area contributed by atoms with Gasteiger partial charge in [-0.05, 0) is 46.9 Å². The second-order valence-corrected chi connectivity index (χ2v) is 6.03. The van der Waals surface area contributed by atoms with Gasteiger partial charge in [0, 0.05) is 18.8 Å². The summed E-state index contributed by atoms with van der Waals surface area (Å²) in [4.78, 5) is 2.32. The van der Waals surface area contributed by atoms with Crippen LogP contribution in [0.3, 0.4) is 0 Å². The van der Waals surface area contributed by atoms with Gasteiger partial charge in [0.15, 0.2) is 0 Å². The van der Waals surface area contributed by atoms with Crippen molar-refractivity contribution in [2.24, 2.45) is 0 Å². The zero-order chi connectivity index (χ0) is 15.5. The molecule has 22 heavy (non-hydrogen) atoms. The van der Waals surface area contributed by atoms with Gasteiger partial charge in [-0.3, -0.25) is 0 Å². The van der Waals surface area contributed by atoms with E-state index in [2.05, 4.69) is 43.0 Å². The molecular formula is C19H22FNO. The Labute approximate surface area is 131 Å². The Morgan fingerprint density at radius 1 is 1.00 bits per heavy atom. The van der Waals surface area contributed by atoms with Crippen molar-refractivity contribution < 1.29 is 9.13 Å². The number of anilines is 1. The minimum Gasteiger partial charge on any atom is -0.378 e. The van der Waals surface area contributed by atoms with Crippen LogP contribution in [0.15, 0.2) is 42.5 Å². The Morgan fingerprint density at radius 3 is 2.32 bits per heavy atom. The molecule has 0 spiro atoms. The molecule has 0 aromatic heterocycles. The third-order valence-electron chi connectivity index (χ3n) is 4.19. The molecular weight excluding hydrogens is 277 g/mol. The van der Waals surface area contributed by atoms with Crippen LogP contribution >= 0.6 is 0 Å². The van der Waals surface area contributed by atoms with E-state index in [-0.39, 0.29) is 5.82 Å². The largest absolute Gasteiger partial charge is 0.378 e. The van der Waals surface area contributed by atoms with Gasteiger partial charge in [0.25, 0.3) is 0 Å². The molecule has 2 nitrogen and oxygen atoms in total. The molecule has 0 bridgehead atoms. The fraction of sp³-hybridized carbons (Fsp3) is 0.368. The first-order valence-corrected chi connectivity index (χ1v) is 7.88. The molecule has 1 heterocycles. The van der Waals surface area contributed by atoms with Crippen molar-refractivity contribution in [2.75, 3.05) is 31.2 Å². The maximum Gasteiger partial charge on any atom is 0.123 e. The molecule has 1 aliphatic heterocycles. The summed E-state index contributed by atoms with van der Waals surface area (Å²) in [6.45, 7) is 7.69. The lowest BCUT2D eigenvalue weighted by molar-refractivity contribution is 0.122. The topological polar surface area (TPSA) is 12.5 Å². The molecule has 0 unspecified atom stereocenters. The average molecular weight is 299 g/mol. The third kappa shape index (κ3) is 3.14. The Balaban J connectivity index is 1.91. The minimum absolute atomic E-state index is 0.184. The normalized spacial score (nSPS) is 15.4. The van der Waals surface area contributed by atoms with Gasteiger partial charge >= 0.3 is 0 Å². The summed E-state index contributed by atoms with van der Waals surface area (Å²) in [5, 5.41) is 0. The number of hydrogen-bond donors (Lipinski definition) is 0. The molecule has 2 aromatic carbocycles. The fourth-order valence-electron chi connectivity index (χ4n) is 2.96. The van der Waals surface area contributed by atoms with Crippen LogP contribution in [0.5, 0.6) is 0 Å². The highest BCUT2D eigenvalue weighted by Gasteiger charge is 2.13. The van der Waals surface area contributed by atoms with Gasteiger partial charge in [-0.25, -0.2) is 4.39 Å². The summed E-state index contributed by atoms with van der Waals surface area (Å²) in [6, 6.07) is 13.5. The highest BCUT2D eigenvalue weighted by atomic mass is 19.1. The van der Waals surface area contributed by atoms with Gasteiger partial charge in [-0.1, -0.05) is 32.0 Å². The van der Waals surface area contributed by atoms with E-state index in [0.717, 1.165) is 37.4 Å². The van der Waals surface area contributed by atoms with Crippen molar-refractivity contribution in [1.82, 2.24) is 0 Å². The van der Waals surface area contributed by atoms with Crippen LogP contribution in [0.2, 0.25) is 0 Å². The molecule has 0 aliphatic carbocycles. The predicted octanol–water partition coefficient (Wildman–Crippen LogP) is 4.45. The number of nitrogens with zero attached hydrogens (tertiary/aromatic N) is 1. The van der Waals surface area contributed by atoms with E-state index in [9.17, 15) is 4.39 Å². The minimum atomic E-state index is -0.184. The van der Waals surface area contributed by atoms with Crippen LogP contribution in [0.4, 0.5) is 10.1 Å². The van der Waals surface area contributed by atoms with Crippen LogP contribution in [0, 0.1) is 5.82 Å². The van der Waals surface area contributed by atoms with E-state index < -0.39 is 0 Å². The Morgan fingerprint density at radius 2 is 1.68 bits per heavy atom. The van der Waals surface area contributed by atoms with Gasteiger partial charge in [0.2, 0.25) is 0 Å². The van der Waals surface area contributed by atoms with Crippen LogP contribution in [-0.2, 0) is 4.74 Å². The number of hydrogen-bond acceptors (Lipinski definition) is 2. The first-order valence-electron chi connectivity index (χ1n) is 7.88. The Kier molecular flexibility index (Phi) is 4.44. The molecule has 3 heteroatoms. The van der Waals surface area contributed by atoms with Gasteiger partial charge in [0.1, 0.15) is 5.82 Å². The molecule has 1 saturated heterocycles. The highest BCUT2D eigenvalue weighted by molar-refractivity contribution is 5.70. The summed E-state index contributed by atoms with van der Waals surface area (Å²) in [5.74, 6) is 0.186. The second kappa shape index (κ2) is 6.49. The number of ether oxygens (including phenoxy) is 1. The summed E-state index contributed by atoms with van der Waals surface area (Å²) in [7, 11) is 0. The molecule has 0 radical (unpaired) electrons. The van der Waals surface area contributed by atoms with Gasteiger partial charge in [-0.2, -0.15) is 0 Å². The van der Waals surface area contributed by atoms with Crippen molar-refractivity contribution in [3.05, 3.63) is 53.8 Å². The van der Waals surface area contributed by atoms with E-state index in [1.807, 2.05) is 6.07 Å². The number of morpholine rings is 1. The molecule has 0 amide bonds. The summed E-state index contributed by atoms with van der Waals surface area (Å²) in [5.41, 5.74) is 4.44. The van der Waals surface area contributed by atoms with Crippen molar-refractivity contribution in [1.29, 1.82) is 0 Å². The standard InChI is InChI=1S/C19H22FNO/c1-14(2)18-8-5-16(20)13-19(18)15-3-6-17(7-4-15)21-9-11-22-12-10-21/h3-8,13-14H,9-12H2,1-2H3. The number of halogens is 1. The highest BCUT2D eigenvalue weighted by Crippen LogP contribution is 2.31. The van der Waals surface area contributed by atoms with Crippen LogP contribution in [0.1, 0.15) is 25.3 Å². The van der Waals surface area contributed by atoms with Crippen molar-refractivity contribution in [3.8, 4) is 11.1 Å². The molecule has 116 valence electrons. The van der Waals surface area contributed by atoms with Crippen molar-refractivity contribution >= 4 is 5.69 Å². The molecule has 2 aromatic rings. The van der Waals surface area contributed by atoms with Crippen molar-refractivity contribution in [2.45, 2.75) is 19.8 Å². The van der Waals surface area contributed by atoms with Gasteiger partial charge < -0.3 is 9.64 Å². The average Bonchev–Trinajstić information content (AvgIpc) is 2.55. The lowest BCUT2D eigenvalue weighted by atomic mass is 9.92. The van der Waals surface area contributed by atoms with E-state index in [1.165, 1.54) is 11.3 Å². The number of rotatable bonds is 3.